The molecule has 1 aliphatic rings. The zero-order valence-corrected chi connectivity index (χ0v) is 15.5. The summed E-state index contributed by atoms with van der Waals surface area (Å²) in [4.78, 5) is 0. The highest BCUT2D eigenvalue weighted by molar-refractivity contribution is 6.39. The molecule has 1 saturated heterocycles. The average molecular weight is 305 g/mol. The van der Waals surface area contributed by atoms with Crippen LogP contribution in [0.15, 0.2) is 30.3 Å². The third kappa shape index (κ3) is 4.69. The van der Waals surface area contributed by atoms with Crippen LogP contribution in [-0.4, -0.2) is 21.9 Å². The van der Waals surface area contributed by atoms with Crippen LogP contribution in [0.1, 0.15) is 64.9 Å². The topological polar surface area (TPSA) is 9.23 Å². The monoisotopic (exact) mass is 304 g/mol. The van der Waals surface area contributed by atoms with Crippen molar-refractivity contribution < 1.29 is 4.74 Å². The van der Waals surface area contributed by atoms with E-state index in [4.69, 9.17) is 4.74 Å². The van der Waals surface area contributed by atoms with E-state index in [1.807, 2.05) is 0 Å². The molecule has 0 aromatic heterocycles. The minimum atomic E-state index is -0.211. The molecule has 0 bridgehead atoms. The Morgan fingerprint density at radius 2 is 2.00 bits per heavy atom. The van der Waals surface area contributed by atoms with Crippen molar-refractivity contribution in [1.29, 1.82) is 0 Å². The summed E-state index contributed by atoms with van der Waals surface area (Å²) in [5.41, 5.74) is 3.28. The van der Waals surface area contributed by atoms with Crippen molar-refractivity contribution in [1.82, 2.24) is 0 Å². The molecular weight excluding hydrogens is 272 g/mol. The van der Waals surface area contributed by atoms with Crippen LogP contribution in [0.4, 0.5) is 0 Å². The van der Waals surface area contributed by atoms with Crippen molar-refractivity contribution in [2.45, 2.75) is 76.0 Å². The summed E-state index contributed by atoms with van der Waals surface area (Å²) in [6, 6.07) is 11.1. The van der Waals surface area contributed by atoms with E-state index < -0.39 is 0 Å². The van der Waals surface area contributed by atoms with Gasteiger partial charge in [0.1, 0.15) is 0 Å². The first-order chi connectivity index (χ1) is 10.1. The Balaban J connectivity index is 2.09. The first kappa shape index (κ1) is 16.8. The lowest BCUT2D eigenvalue weighted by Crippen LogP contribution is -2.36. The predicted molar refractivity (Wildman–Crippen MR) is 94.9 cm³/mol. The van der Waals surface area contributed by atoms with Gasteiger partial charge in [-0.1, -0.05) is 70.4 Å². The van der Waals surface area contributed by atoms with Crippen molar-refractivity contribution in [3.8, 4) is 0 Å². The maximum Gasteiger partial charge on any atom is 0.0595 e. The summed E-state index contributed by atoms with van der Waals surface area (Å²) < 4.78 is 6.08. The van der Waals surface area contributed by atoms with Crippen molar-refractivity contribution in [2.24, 2.45) is 0 Å². The summed E-state index contributed by atoms with van der Waals surface area (Å²) in [5, 5.41) is 0. The van der Waals surface area contributed by atoms with E-state index >= 15 is 0 Å². The molecule has 0 aliphatic carbocycles. The molecule has 0 spiro atoms. The lowest BCUT2D eigenvalue weighted by molar-refractivity contribution is 0.0634. The molecular formula is C19H32OSi. The van der Waals surface area contributed by atoms with Crippen LogP contribution in [0.3, 0.4) is 0 Å². The highest BCUT2D eigenvalue weighted by Crippen LogP contribution is 2.40. The molecule has 2 heteroatoms. The predicted octanol–water partition coefficient (Wildman–Crippen LogP) is 4.64. The maximum atomic E-state index is 6.08. The van der Waals surface area contributed by atoms with Gasteiger partial charge in [-0.3, -0.25) is 0 Å². The molecule has 1 aromatic carbocycles. The van der Waals surface area contributed by atoms with E-state index in [1.54, 1.807) is 0 Å². The smallest absolute Gasteiger partial charge is 0.0595 e. The molecule has 2 rings (SSSR count). The molecule has 2 atom stereocenters. The van der Waals surface area contributed by atoms with E-state index in [0.717, 1.165) is 12.1 Å². The molecule has 0 saturated carbocycles. The Labute approximate surface area is 133 Å². The fourth-order valence-electron chi connectivity index (χ4n) is 3.64. The van der Waals surface area contributed by atoms with Crippen LogP contribution in [0.25, 0.3) is 0 Å². The van der Waals surface area contributed by atoms with Gasteiger partial charge in [0.25, 0.3) is 0 Å². The Morgan fingerprint density at radius 3 is 2.62 bits per heavy atom. The van der Waals surface area contributed by atoms with Gasteiger partial charge in [0.15, 0.2) is 0 Å². The van der Waals surface area contributed by atoms with Gasteiger partial charge in [-0.05, 0) is 35.8 Å². The summed E-state index contributed by atoms with van der Waals surface area (Å²) in [6.07, 6.45) is 8.02. The third-order valence-corrected chi connectivity index (χ3v) is 8.43. The number of hydrogen-bond acceptors (Lipinski definition) is 1. The Kier molecular flexibility index (Phi) is 6.50. The number of unbranched alkanes of at least 4 members (excludes halogenated alkanes) is 1. The number of hydrogen-bond donors (Lipinski definition) is 0. The van der Waals surface area contributed by atoms with E-state index in [9.17, 15) is 0 Å². The first-order valence-corrected chi connectivity index (χ1v) is 10.4. The standard InChI is InChI=1S/C19H32OSi/c1-4-5-13-17(21-18-14-9-10-15-20-18)19(2,3)16-11-7-6-8-12-16/h6-8,11-12,17-18H,4-5,9-10,13-15,21H2,1-3H3. The molecule has 1 aromatic rings. The van der Waals surface area contributed by atoms with Crippen LogP contribution >= 0.6 is 0 Å². The fourth-order valence-corrected chi connectivity index (χ4v) is 6.45. The summed E-state index contributed by atoms with van der Waals surface area (Å²) in [6.45, 7) is 8.23. The largest absolute Gasteiger partial charge is 0.382 e. The highest BCUT2D eigenvalue weighted by Gasteiger charge is 2.33. The van der Waals surface area contributed by atoms with E-state index in [1.165, 1.54) is 44.1 Å². The van der Waals surface area contributed by atoms with E-state index in [0.29, 0.717) is 11.1 Å². The van der Waals surface area contributed by atoms with Gasteiger partial charge in [-0.2, -0.15) is 0 Å². The molecule has 118 valence electrons. The zero-order valence-electron chi connectivity index (χ0n) is 14.1. The average Bonchev–Trinajstić information content (AvgIpc) is 2.53. The summed E-state index contributed by atoms with van der Waals surface area (Å²) in [5.74, 6) is 0. The minimum absolute atomic E-state index is 0.211. The highest BCUT2D eigenvalue weighted by atomic mass is 28.2. The third-order valence-electron chi connectivity index (χ3n) is 5.27. The molecule has 1 nitrogen and oxygen atoms in total. The van der Waals surface area contributed by atoms with Crippen LogP contribution in [0, 0.1) is 0 Å². The number of benzene rings is 1. The summed E-state index contributed by atoms with van der Waals surface area (Å²) >= 11 is 0. The normalized spacial score (nSPS) is 21.8. The number of ether oxygens (including phenoxy) is 1. The zero-order chi connectivity index (χ0) is 15.1. The second-order valence-electron chi connectivity index (χ2n) is 7.15. The molecule has 0 amide bonds. The number of rotatable bonds is 7. The van der Waals surface area contributed by atoms with Gasteiger partial charge >= 0.3 is 0 Å². The quantitative estimate of drug-likeness (QED) is 0.667. The van der Waals surface area contributed by atoms with Crippen molar-refractivity contribution >= 4 is 9.52 Å². The second-order valence-corrected chi connectivity index (χ2v) is 9.52. The van der Waals surface area contributed by atoms with Gasteiger partial charge in [-0.25, -0.2) is 0 Å². The van der Waals surface area contributed by atoms with E-state index in [-0.39, 0.29) is 9.52 Å². The Morgan fingerprint density at radius 1 is 1.24 bits per heavy atom. The molecule has 0 radical (unpaired) electrons. The molecule has 2 unspecified atom stereocenters. The SMILES string of the molecule is CCCCC([SiH2]C1CCCCO1)C(C)(C)c1ccccc1. The molecule has 1 aliphatic heterocycles. The van der Waals surface area contributed by atoms with Crippen molar-refractivity contribution in [3.05, 3.63) is 35.9 Å². The molecule has 21 heavy (non-hydrogen) atoms. The van der Waals surface area contributed by atoms with Gasteiger partial charge in [0.05, 0.1) is 9.52 Å². The Hall–Kier alpha value is -0.603. The van der Waals surface area contributed by atoms with Gasteiger partial charge in [-0.15, -0.1) is 0 Å². The summed E-state index contributed by atoms with van der Waals surface area (Å²) in [7, 11) is -0.211. The van der Waals surface area contributed by atoms with Gasteiger partial charge < -0.3 is 4.74 Å². The van der Waals surface area contributed by atoms with Crippen molar-refractivity contribution in [2.75, 3.05) is 6.61 Å². The van der Waals surface area contributed by atoms with Crippen LogP contribution in [0.5, 0.6) is 0 Å². The fraction of sp³-hybridized carbons (Fsp3) is 0.684. The first-order valence-electron chi connectivity index (χ1n) is 8.81. The van der Waals surface area contributed by atoms with E-state index in [2.05, 4.69) is 51.1 Å². The van der Waals surface area contributed by atoms with Crippen LogP contribution in [-0.2, 0) is 10.2 Å². The molecule has 0 N–H and O–H groups in total. The van der Waals surface area contributed by atoms with Crippen LogP contribution < -0.4 is 0 Å². The lowest BCUT2D eigenvalue weighted by Gasteiger charge is -2.38. The molecule has 1 heterocycles. The lowest BCUT2D eigenvalue weighted by atomic mass is 9.79. The minimum Gasteiger partial charge on any atom is -0.382 e. The van der Waals surface area contributed by atoms with Crippen molar-refractivity contribution in [3.63, 3.8) is 0 Å². The maximum absolute atomic E-state index is 6.08. The Bertz CT molecular complexity index is 395. The van der Waals surface area contributed by atoms with Gasteiger partial charge in [0, 0.05) is 12.3 Å². The second kappa shape index (κ2) is 8.14. The van der Waals surface area contributed by atoms with Gasteiger partial charge in [0.2, 0.25) is 0 Å². The van der Waals surface area contributed by atoms with Crippen LogP contribution in [0.2, 0.25) is 5.54 Å². The molecule has 1 fully saturated rings.